The van der Waals surface area contributed by atoms with Crippen molar-refractivity contribution >= 4 is 5.97 Å². The topological polar surface area (TPSA) is 45.1 Å². The third-order valence-corrected chi connectivity index (χ3v) is 3.04. The molecule has 0 spiro atoms. The highest BCUT2D eigenvalue weighted by atomic mass is 16.4. The molecule has 19 heavy (non-hydrogen) atoms. The normalized spacial score (nSPS) is 10.3. The molecule has 0 saturated heterocycles. The smallest absolute Gasteiger partial charge is 0.0485 e. The van der Waals surface area contributed by atoms with Crippen molar-refractivity contribution in [1.29, 1.82) is 0 Å². The molecular weight excluding hydrogens is 238 g/mol. The zero-order valence-corrected chi connectivity index (χ0v) is 10.7. The maximum Gasteiger partial charge on any atom is 0.0485 e. The van der Waals surface area contributed by atoms with Crippen LogP contribution in [0, 0.1) is 0 Å². The van der Waals surface area contributed by atoms with Gasteiger partial charge >= 0.3 is 0 Å². The Morgan fingerprint density at radius 1 is 1.21 bits per heavy atom. The highest BCUT2D eigenvalue weighted by molar-refractivity contribution is 5.65. The van der Waals surface area contributed by atoms with Gasteiger partial charge in [-0.1, -0.05) is 36.4 Å². The second-order valence-electron chi connectivity index (χ2n) is 4.35. The highest BCUT2D eigenvalue weighted by Crippen LogP contribution is 2.23. The second kappa shape index (κ2) is 6.05. The van der Waals surface area contributed by atoms with Crippen LogP contribution >= 0.6 is 0 Å². The van der Waals surface area contributed by atoms with Gasteiger partial charge in [-0.2, -0.15) is 0 Å². The first-order valence-corrected chi connectivity index (χ1v) is 6.27. The van der Waals surface area contributed by atoms with Crippen LogP contribution in [-0.2, 0) is 17.8 Å². The van der Waals surface area contributed by atoms with Crippen molar-refractivity contribution in [3.05, 3.63) is 60.8 Å². The summed E-state index contributed by atoms with van der Waals surface area (Å²) >= 11 is 0. The first-order valence-electron chi connectivity index (χ1n) is 6.27. The van der Waals surface area contributed by atoms with Gasteiger partial charge in [-0.3, -0.25) is 0 Å². The van der Waals surface area contributed by atoms with E-state index in [1.165, 1.54) is 0 Å². The number of carbonyl (C=O) groups excluding carboxylic acids is 1. The van der Waals surface area contributed by atoms with E-state index in [-0.39, 0.29) is 6.42 Å². The Morgan fingerprint density at radius 2 is 1.95 bits per heavy atom. The maximum atomic E-state index is 10.6. The minimum absolute atomic E-state index is 0.0371. The average molecular weight is 254 g/mol. The van der Waals surface area contributed by atoms with Gasteiger partial charge < -0.3 is 14.5 Å². The number of benzene rings is 1. The van der Waals surface area contributed by atoms with E-state index in [4.69, 9.17) is 0 Å². The predicted octanol–water partition coefficient (Wildman–Crippen LogP) is 2.02. The second-order valence-corrected chi connectivity index (χ2v) is 4.35. The Hall–Kier alpha value is -2.29. The Kier molecular flexibility index (Phi) is 4.18. The summed E-state index contributed by atoms with van der Waals surface area (Å²) in [7, 11) is 0. The molecule has 1 aromatic carbocycles. The van der Waals surface area contributed by atoms with Crippen molar-refractivity contribution in [3.8, 4) is 11.3 Å². The zero-order chi connectivity index (χ0) is 13.7. The Labute approximate surface area is 112 Å². The van der Waals surface area contributed by atoms with Crippen LogP contribution in [0.15, 0.2) is 55.1 Å². The molecule has 0 unspecified atom stereocenters. The SMILES string of the molecule is C=CCn1c(CCC(=O)[O-])ccc1-c1ccccc1. The van der Waals surface area contributed by atoms with Crippen LogP contribution in [0.25, 0.3) is 11.3 Å². The first-order chi connectivity index (χ1) is 9.22. The van der Waals surface area contributed by atoms with Crippen LogP contribution < -0.4 is 5.11 Å². The summed E-state index contributed by atoms with van der Waals surface area (Å²) in [4.78, 5) is 10.6. The van der Waals surface area contributed by atoms with Gasteiger partial charge in [0.25, 0.3) is 0 Å². The van der Waals surface area contributed by atoms with Crippen LogP contribution in [0.2, 0.25) is 0 Å². The predicted molar refractivity (Wildman–Crippen MR) is 73.4 cm³/mol. The van der Waals surface area contributed by atoms with Crippen LogP contribution in [-0.4, -0.2) is 10.5 Å². The lowest BCUT2D eigenvalue weighted by molar-refractivity contribution is -0.305. The number of rotatable bonds is 6. The fourth-order valence-electron chi connectivity index (χ4n) is 2.16. The van der Waals surface area contributed by atoms with Gasteiger partial charge in [0.15, 0.2) is 0 Å². The molecule has 0 fully saturated rings. The van der Waals surface area contributed by atoms with Crippen molar-refractivity contribution < 1.29 is 9.90 Å². The maximum absolute atomic E-state index is 10.6. The fraction of sp³-hybridized carbons (Fsp3) is 0.188. The number of aryl methyl sites for hydroxylation is 1. The summed E-state index contributed by atoms with van der Waals surface area (Å²) in [5.41, 5.74) is 3.18. The van der Waals surface area contributed by atoms with E-state index in [1.807, 2.05) is 48.5 Å². The molecule has 3 heteroatoms. The molecule has 2 rings (SSSR count). The van der Waals surface area contributed by atoms with Crippen molar-refractivity contribution in [2.45, 2.75) is 19.4 Å². The van der Waals surface area contributed by atoms with Crippen LogP contribution in [0.3, 0.4) is 0 Å². The van der Waals surface area contributed by atoms with E-state index in [1.54, 1.807) is 0 Å². The summed E-state index contributed by atoms with van der Waals surface area (Å²) in [5.74, 6) is -1.02. The first kappa shape index (κ1) is 13.1. The lowest BCUT2D eigenvalue weighted by Crippen LogP contribution is -2.22. The molecule has 0 radical (unpaired) electrons. The van der Waals surface area contributed by atoms with Crippen molar-refractivity contribution in [1.82, 2.24) is 4.57 Å². The molecular formula is C16H16NO2-. The van der Waals surface area contributed by atoms with E-state index in [0.29, 0.717) is 13.0 Å². The van der Waals surface area contributed by atoms with E-state index in [9.17, 15) is 9.90 Å². The number of carboxylic acids is 1. The number of aromatic nitrogens is 1. The molecule has 2 aromatic rings. The van der Waals surface area contributed by atoms with Gasteiger partial charge in [0, 0.05) is 23.9 Å². The molecule has 0 aliphatic heterocycles. The van der Waals surface area contributed by atoms with Gasteiger partial charge in [-0.05, 0) is 30.5 Å². The molecule has 1 aromatic heterocycles. The van der Waals surface area contributed by atoms with E-state index < -0.39 is 5.97 Å². The van der Waals surface area contributed by atoms with Crippen LogP contribution in [0.5, 0.6) is 0 Å². The van der Waals surface area contributed by atoms with Crippen molar-refractivity contribution in [3.63, 3.8) is 0 Å². The molecule has 3 nitrogen and oxygen atoms in total. The number of hydrogen-bond acceptors (Lipinski definition) is 2. The quantitative estimate of drug-likeness (QED) is 0.740. The number of carboxylic acid groups (broad SMARTS) is 1. The summed E-state index contributed by atoms with van der Waals surface area (Å²) in [6.45, 7) is 4.42. The van der Waals surface area contributed by atoms with Gasteiger partial charge in [-0.15, -0.1) is 6.58 Å². The van der Waals surface area contributed by atoms with E-state index >= 15 is 0 Å². The van der Waals surface area contributed by atoms with E-state index in [2.05, 4.69) is 11.1 Å². The molecule has 0 bridgehead atoms. The van der Waals surface area contributed by atoms with E-state index in [0.717, 1.165) is 17.0 Å². The lowest BCUT2D eigenvalue weighted by atomic mass is 10.1. The van der Waals surface area contributed by atoms with Crippen LogP contribution in [0.1, 0.15) is 12.1 Å². The zero-order valence-electron chi connectivity index (χ0n) is 10.7. The fourth-order valence-corrected chi connectivity index (χ4v) is 2.16. The summed E-state index contributed by atoms with van der Waals surface area (Å²) in [6, 6.07) is 14.0. The lowest BCUT2D eigenvalue weighted by Gasteiger charge is -2.12. The van der Waals surface area contributed by atoms with Crippen molar-refractivity contribution in [2.24, 2.45) is 0 Å². The molecule has 0 amide bonds. The molecule has 1 heterocycles. The monoisotopic (exact) mass is 254 g/mol. The van der Waals surface area contributed by atoms with Crippen molar-refractivity contribution in [2.75, 3.05) is 0 Å². The summed E-state index contributed by atoms with van der Waals surface area (Å²) < 4.78 is 2.09. The third-order valence-electron chi connectivity index (χ3n) is 3.04. The molecule has 0 saturated carbocycles. The van der Waals surface area contributed by atoms with Gasteiger partial charge in [0.2, 0.25) is 0 Å². The summed E-state index contributed by atoms with van der Waals surface area (Å²) in [5, 5.41) is 10.6. The largest absolute Gasteiger partial charge is 0.550 e. The highest BCUT2D eigenvalue weighted by Gasteiger charge is 2.08. The number of aliphatic carboxylic acids is 1. The minimum Gasteiger partial charge on any atom is -0.550 e. The standard InChI is InChI=1S/C16H17NO2/c1-2-12-17-14(9-11-16(18)19)8-10-15(17)13-6-4-3-5-7-13/h2-8,10H,1,9,11-12H2,(H,18,19)/p-1. The van der Waals surface area contributed by atoms with Crippen LogP contribution in [0.4, 0.5) is 0 Å². The van der Waals surface area contributed by atoms with Gasteiger partial charge in [-0.25, -0.2) is 0 Å². The number of allylic oxidation sites excluding steroid dienone is 1. The number of carbonyl (C=O) groups is 1. The average Bonchev–Trinajstić information content (AvgIpc) is 2.81. The Balaban J connectivity index is 2.34. The number of nitrogens with zero attached hydrogens (tertiary/aromatic N) is 1. The molecule has 0 aliphatic rings. The Bertz CT molecular complexity index is 570. The number of hydrogen-bond donors (Lipinski definition) is 0. The van der Waals surface area contributed by atoms with Gasteiger partial charge in [0.05, 0.1) is 0 Å². The van der Waals surface area contributed by atoms with Gasteiger partial charge in [0.1, 0.15) is 0 Å². The Morgan fingerprint density at radius 3 is 2.58 bits per heavy atom. The minimum atomic E-state index is -1.02. The molecule has 0 aliphatic carbocycles. The third kappa shape index (κ3) is 3.13. The molecule has 0 N–H and O–H groups in total. The molecule has 98 valence electrons. The molecule has 0 atom stereocenters. The summed E-state index contributed by atoms with van der Waals surface area (Å²) in [6.07, 6.45) is 2.33.